The summed E-state index contributed by atoms with van der Waals surface area (Å²) in [6.45, 7) is 4.34. The first-order valence-corrected chi connectivity index (χ1v) is 11.4. The number of nitrogens with one attached hydrogen (secondary N) is 1. The Bertz CT molecular complexity index is 1500. The first kappa shape index (κ1) is 25.3. The molecular formula is C22H24F4N8O2. The topological polar surface area (TPSA) is 116 Å². The number of halogens is 4. The van der Waals surface area contributed by atoms with Gasteiger partial charge in [0.05, 0.1) is 12.1 Å². The van der Waals surface area contributed by atoms with Crippen LogP contribution in [0.15, 0.2) is 27.8 Å². The van der Waals surface area contributed by atoms with Crippen molar-refractivity contribution >= 4 is 11.2 Å². The van der Waals surface area contributed by atoms with Crippen LogP contribution in [0.2, 0.25) is 0 Å². The molecule has 0 bridgehead atoms. The van der Waals surface area contributed by atoms with Gasteiger partial charge in [-0.05, 0) is 48.7 Å². The van der Waals surface area contributed by atoms with Gasteiger partial charge in [0.2, 0.25) is 0 Å². The number of fused-ring (bicyclic) bond motifs is 1. The van der Waals surface area contributed by atoms with E-state index in [9.17, 15) is 27.2 Å². The molecule has 1 N–H and O–H groups in total. The standard InChI is InChI=1S/C22H24F4N8O2/c1-3-4-8-32-19-18(27-13(2)28-19)20(35)33(21(32)36)9-5-10-34-30-17(29-31-34)12-14-11-15(23)6-7-16(14)22(24,25)26/h6-7,11H,3-5,8-10,12H2,1-2H3,(H,27,28). The van der Waals surface area contributed by atoms with E-state index in [1.807, 2.05) is 6.92 Å². The van der Waals surface area contributed by atoms with Crippen molar-refractivity contribution in [3.63, 3.8) is 0 Å². The van der Waals surface area contributed by atoms with Crippen LogP contribution in [-0.2, 0) is 32.2 Å². The van der Waals surface area contributed by atoms with Gasteiger partial charge in [-0.2, -0.15) is 18.0 Å². The number of H-pyrrole nitrogens is 1. The number of hydrogen-bond donors (Lipinski definition) is 1. The SMILES string of the molecule is CCCCn1c(=O)n(CCCn2nnc(Cc3cc(F)ccc3C(F)(F)F)n2)c(=O)c2[nH]c(C)nc21. The molecule has 0 unspecified atom stereocenters. The first-order chi connectivity index (χ1) is 17.1. The van der Waals surface area contributed by atoms with Crippen LogP contribution in [-0.4, -0.2) is 39.3 Å². The van der Waals surface area contributed by atoms with Gasteiger partial charge in [-0.15, -0.1) is 10.2 Å². The maximum atomic E-state index is 13.5. The summed E-state index contributed by atoms with van der Waals surface area (Å²) in [6.07, 6.45) is -3.12. The zero-order chi connectivity index (χ0) is 26.0. The normalized spacial score (nSPS) is 12.1. The minimum Gasteiger partial charge on any atom is -0.336 e. The summed E-state index contributed by atoms with van der Waals surface area (Å²) in [5.41, 5.74) is -1.65. The predicted octanol–water partition coefficient (Wildman–Crippen LogP) is 2.82. The molecule has 0 saturated carbocycles. The van der Waals surface area contributed by atoms with Crippen molar-refractivity contribution in [1.82, 2.24) is 39.3 Å². The third-order valence-corrected chi connectivity index (χ3v) is 5.67. The fourth-order valence-corrected chi connectivity index (χ4v) is 3.96. The van der Waals surface area contributed by atoms with E-state index in [1.165, 1.54) is 9.36 Å². The maximum absolute atomic E-state index is 13.5. The summed E-state index contributed by atoms with van der Waals surface area (Å²) in [5.74, 6) is -0.291. The Labute approximate surface area is 201 Å². The molecule has 4 aromatic rings. The Balaban J connectivity index is 1.50. The Morgan fingerprint density at radius 3 is 2.53 bits per heavy atom. The second-order valence-electron chi connectivity index (χ2n) is 8.40. The average molecular weight is 508 g/mol. The van der Waals surface area contributed by atoms with Crippen LogP contribution in [0.4, 0.5) is 17.6 Å². The van der Waals surface area contributed by atoms with Gasteiger partial charge in [-0.25, -0.2) is 14.2 Å². The molecule has 0 aliphatic rings. The molecule has 14 heteroatoms. The van der Waals surface area contributed by atoms with Crippen molar-refractivity contribution < 1.29 is 17.6 Å². The predicted molar refractivity (Wildman–Crippen MR) is 121 cm³/mol. The summed E-state index contributed by atoms with van der Waals surface area (Å²) in [5, 5.41) is 11.7. The van der Waals surface area contributed by atoms with E-state index < -0.39 is 28.8 Å². The summed E-state index contributed by atoms with van der Waals surface area (Å²) in [7, 11) is 0. The lowest BCUT2D eigenvalue weighted by Crippen LogP contribution is -2.40. The van der Waals surface area contributed by atoms with Crippen molar-refractivity contribution in [1.29, 1.82) is 0 Å². The summed E-state index contributed by atoms with van der Waals surface area (Å²) in [6, 6.07) is 2.22. The van der Waals surface area contributed by atoms with Gasteiger partial charge in [0.25, 0.3) is 5.56 Å². The quantitative estimate of drug-likeness (QED) is 0.348. The van der Waals surface area contributed by atoms with E-state index in [0.717, 1.165) is 29.5 Å². The Morgan fingerprint density at radius 1 is 1.06 bits per heavy atom. The van der Waals surface area contributed by atoms with Crippen LogP contribution in [0.3, 0.4) is 0 Å². The molecule has 0 amide bonds. The lowest BCUT2D eigenvalue weighted by molar-refractivity contribution is -0.138. The molecule has 0 saturated heterocycles. The minimum absolute atomic E-state index is 0.0143. The highest BCUT2D eigenvalue weighted by Crippen LogP contribution is 2.33. The molecule has 0 aliphatic carbocycles. The number of alkyl halides is 3. The number of tetrazole rings is 1. The summed E-state index contributed by atoms with van der Waals surface area (Å²) >= 11 is 0. The first-order valence-electron chi connectivity index (χ1n) is 11.4. The number of benzene rings is 1. The van der Waals surface area contributed by atoms with Crippen molar-refractivity contribution in [2.24, 2.45) is 0 Å². The molecule has 1 aromatic carbocycles. The molecule has 0 fully saturated rings. The number of unbranched alkanes of at least 4 members (excludes halogenated alkanes) is 1. The molecular weight excluding hydrogens is 484 g/mol. The molecule has 3 aromatic heterocycles. The minimum atomic E-state index is -4.65. The van der Waals surface area contributed by atoms with E-state index >= 15 is 0 Å². The molecule has 3 heterocycles. The van der Waals surface area contributed by atoms with Crippen molar-refractivity contribution in [2.75, 3.05) is 0 Å². The van der Waals surface area contributed by atoms with Crippen LogP contribution >= 0.6 is 0 Å². The molecule has 0 aliphatic heterocycles. The Morgan fingerprint density at radius 2 is 1.81 bits per heavy atom. The van der Waals surface area contributed by atoms with Gasteiger partial charge in [0.15, 0.2) is 11.5 Å². The largest absolute Gasteiger partial charge is 0.416 e. The fourth-order valence-electron chi connectivity index (χ4n) is 3.96. The molecule has 36 heavy (non-hydrogen) atoms. The monoisotopic (exact) mass is 508 g/mol. The Kier molecular flexibility index (Phi) is 7.04. The fraction of sp³-hybridized carbons (Fsp3) is 0.455. The van der Waals surface area contributed by atoms with E-state index in [2.05, 4.69) is 25.4 Å². The number of aryl methyl sites for hydroxylation is 3. The van der Waals surface area contributed by atoms with Gasteiger partial charge in [-0.1, -0.05) is 13.3 Å². The molecule has 10 nitrogen and oxygen atoms in total. The Hall–Kier alpha value is -3.84. The van der Waals surface area contributed by atoms with E-state index in [0.29, 0.717) is 24.1 Å². The molecule has 0 radical (unpaired) electrons. The highest BCUT2D eigenvalue weighted by Gasteiger charge is 2.33. The smallest absolute Gasteiger partial charge is 0.336 e. The van der Waals surface area contributed by atoms with Gasteiger partial charge < -0.3 is 4.98 Å². The van der Waals surface area contributed by atoms with E-state index in [4.69, 9.17) is 0 Å². The van der Waals surface area contributed by atoms with Crippen molar-refractivity contribution in [3.05, 3.63) is 67.6 Å². The zero-order valence-corrected chi connectivity index (χ0v) is 19.6. The number of aromatic nitrogens is 8. The van der Waals surface area contributed by atoms with Gasteiger partial charge >= 0.3 is 11.9 Å². The van der Waals surface area contributed by atoms with Crippen molar-refractivity contribution in [2.45, 2.75) is 65.3 Å². The zero-order valence-electron chi connectivity index (χ0n) is 19.6. The maximum Gasteiger partial charge on any atom is 0.416 e. The van der Waals surface area contributed by atoms with E-state index in [-0.39, 0.29) is 42.8 Å². The lowest BCUT2D eigenvalue weighted by Gasteiger charge is -2.11. The third-order valence-electron chi connectivity index (χ3n) is 5.67. The number of hydrogen-bond acceptors (Lipinski definition) is 6. The average Bonchev–Trinajstić information content (AvgIpc) is 3.41. The number of nitrogens with zero attached hydrogens (tertiary/aromatic N) is 7. The van der Waals surface area contributed by atoms with Gasteiger partial charge in [-0.3, -0.25) is 13.9 Å². The summed E-state index contributed by atoms with van der Waals surface area (Å²) < 4.78 is 55.8. The molecule has 0 atom stereocenters. The number of aromatic amines is 1. The molecule has 4 rings (SSSR count). The van der Waals surface area contributed by atoms with Crippen LogP contribution in [0.25, 0.3) is 11.2 Å². The second-order valence-corrected chi connectivity index (χ2v) is 8.40. The van der Waals surface area contributed by atoms with Crippen LogP contribution in [0, 0.1) is 12.7 Å². The highest BCUT2D eigenvalue weighted by molar-refractivity contribution is 5.69. The molecule has 0 spiro atoms. The van der Waals surface area contributed by atoms with Crippen LogP contribution in [0.1, 0.15) is 49.0 Å². The second kappa shape index (κ2) is 10.0. The van der Waals surface area contributed by atoms with Gasteiger partial charge in [0, 0.05) is 19.5 Å². The third kappa shape index (κ3) is 5.21. The van der Waals surface area contributed by atoms with Gasteiger partial charge in [0.1, 0.15) is 17.2 Å². The number of rotatable bonds is 9. The molecule has 192 valence electrons. The van der Waals surface area contributed by atoms with E-state index in [1.54, 1.807) is 6.92 Å². The summed E-state index contributed by atoms with van der Waals surface area (Å²) in [4.78, 5) is 34.3. The number of imidazole rings is 1. The van der Waals surface area contributed by atoms with Crippen LogP contribution < -0.4 is 11.2 Å². The van der Waals surface area contributed by atoms with Crippen molar-refractivity contribution in [3.8, 4) is 0 Å². The highest BCUT2D eigenvalue weighted by atomic mass is 19.4. The lowest BCUT2D eigenvalue weighted by atomic mass is 10.0. The van der Waals surface area contributed by atoms with Crippen LogP contribution in [0.5, 0.6) is 0 Å².